The number of hydrogen-bond donors (Lipinski definition) is 1. The fourth-order valence-corrected chi connectivity index (χ4v) is 0.666. The molecule has 0 aromatic rings. The van der Waals surface area contributed by atoms with Gasteiger partial charge in [0.2, 0.25) is 0 Å². The number of nitrogens with one attached hydrogen (secondary N) is 1. The summed E-state index contributed by atoms with van der Waals surface area (Å²) in [5.41, 5.74) is 0. The molecule has 0 aliphatic heterocycles. The molecule has 2 heteroatoms. The van der Waals surface area contributed by atoms with Crippen LogP contribution >= 0.6 is 0 Å². The molecule has 47 valence electrons. The van der Waals surface area contributed by atoms with Crippen LogP contribution in [0.1, 0.15) is 19.8 Å². The van der Waals surface area contributed by atoms with Gasteiger partial charge in [-0.25, -0.2) is 5.32 Å². The first-order valence-corrected chi connectivity index (χ1v) is 3.18. The van der Waals surface area contributed by atoms with Crippen LogP contribution in [0.2, 0.25) is 0 Å². The van der Waals surface area contributed by atoms with Crippen molar-refractivity contribution >= 4 is 0 Å². The Morgan fingerprint density at radius 1 is 1.62 bits per heavy atom. The summed E-state index contributed by atoms with van der Waals surface area (Å²) in [4.78, 5) is 0. The molecule has 1 saturated carbocycles. The van der Waals surface area contributed by atoms with E-state index in [-0.39, 0.29) is 0 Å². The van der Waals surface area contributed by atoms with Crippen LogP contribution in [0.15, 0.2) is 0 Å². The predicted octanol–water partition coefficient (Wildman–Crippen LogP) is 0.319. The second-order valence-corrected chi connectivity index (χ2v) is 2.38. The first kappa shape index (κ1) is 6.05. The lowest BCUT2D eigenvalue weighted by Crippen LogP contribution is -2.34. The molecule has 1 aliphatic rings. The highest BCUT2D eigenvalue weighted by Gasteiger charge is 2.21. The minimum atomic E-state index is 0.363. The van der Waals surface area contributed by atoms with Gasteiger partial charge in [-0.05, 0) is 19.8 Å². The first-order valence-electron chi connectivity index (χ1n) is 3.18. The molecule has 1 rings (SSSR count). The van der Waals surface area contributed by atoms with E-state index >= 15 is 0 Å². The lowest BCUT2D eigenvalue weighted by Gasteiger charge is -2.08. The van der Waals surface area contributed by atoms with E-state index in [0.717, 1.165) is 6.04 Å². The monoisotopic (exact) mass is 113 g/mol. The van der Waals surface area contributed by atoms with E-state index in [0.29, 0.717) is 6.17 Å². The predicted molar refractivity (Wildman–Crippen MR) is 33.7 cm³/mol. The van der Waals surface area contributed by atoms with Gasteiger partial charge in [0.05, 0.1) is 6.17 Å². The highest BCUT2D eigenvalue weighted by molar-refractivity contribution is 4.82. The van der Waals surface area contributed by atoms with Crippen molar-refractivity contribution in [2.45, 2.75) is 32.0 Å². The summed E-state index contributed by atoms with van der Waals surface area (Å²) in [5, 5.41) is 7.39. The molecule has 1 fully saturated rings. The molecule has 0 saturated heterocycles. The minimum absolute atomic E-state index is 0.363. The largest absolute Gasteiger partial charge is 0.298 e. The molecule has 0 aromatic heterocycles. The van der Waals surface area contributed by atoms with Crippen molar-refractivity contribution < 1.29 is 0 Å². The number of nitrogens with zero attached hydrogens (tertiary/aromatic N) is 1. The summed E-state index contributed by atoms with van der Waals surface area (Å²) in [7, 11) is 1.85. The Morgan fingerprint density at radius 3 is 2.62 bits per heavy atom. The lowest BCUT2D eigenvalue weighted by molar-refractivity contribution is 0.479. The van der Waals surface area contributed by atoms with Crippen molar-refractivity contribution in [1.82, 2.24) is 10.6 Å². The van der Waals surface area contributed by atoms with Gasteiger partial charge in [0.25, 0.3) is 0 Å². The summed E-state index contributed by atoms with van der Waals surface area (Å²) in [6.45, 7) is 2.08. The second kappa shape index (κ2) is 2.46. The van der Waals surface area contributed by atoms with Gasteiger partial charge in [-0.3, -0.25) is 5.32 Å². The maximum Gasteiger partial charge on any atom is 0.0706 e. The smallest absolute Gasteiger partial charge is 0.0706 e. The molecule has 8 heavy (non-hydrogen) atoms. The van der Waals surface area contributed by atoms with Crippen molar-refractivity contribution in [2.24, 2.45) is 0 Å². The van der Waals surface area contributed by atoms with E-state index in [4.69, 9.17) is 0 Å². The van der Waals surface area contributed by atoms with Gasteiger partial charge >= 0.3 is 0 Å². The van der Waals surface area contributed by atoms with E-state index in [1.165, 1.54) is 12.8 Å². The number of rotatable bonds is 3. The molecule has 1 unspecified atom stereocenters. The molecule has 1 atom stereocenters. The van der Waals surface area contributed by atoms with Gasteiger partial charge in [0, 0.05) is 13.1 Å². The molecule has 0 bridgehead atoms. The Labute approximate surface area is 50.7 Å². The van der Waals surface area contributed by atoms with E-state index in [1.807, 2.05) is 7.05 Å². The third kappa shape index (κ3) is 1.80. The van der Waals surface area contributed by atoms with E-state index in [2.05, 4.69) is 17.6 Å². The van der Waals surface area contributed by atoms with Gasteiger partial charge < -0.3 is 0 Å². The minimum Gasteiger partial charge on any atom is -0.298 e. The zero-order valence-corrected chi connectivity index (χ0v) is 5.52. The second-order valence-electron chi connectivity index (χ2n) is 2.38. The molecule has 0 amide bonds. The summed E-state index contributed by atoms with van der Waals surface area (Å²) in [5.74, 6) is 0. The van der Waals surface area contributed by atoms with Gasteiger partial charge in [0.15, 0.2) is 0 Å². The SMILES string of the molecule is C[N]C(C)NC1CC1. The Bertz CT molecular complexity index is 68.9. The van der Waals surface area contributed by atoms with E-state index < -0.39 is 0 Å². The molecular formula is C6H13N2. The quantitative estimate of drug-likeness (QED) is 0.560. The summed E-state index contributed by atoms with van der Waals surface area (Å²) in [6, 6.07) is 0.786. The molecule has 1 N–H and O–H groups in total. The highest BCUT2D eigenvalue weighted by Crippen LogP contribution is 2.18. The molecule has 1 radical (unpaired) electrons. The van der Waals surface area contributed by atoms with Crippen LogP contribution in [0.25, 0.3) is 0 Å². The normalized spacial score (nSPS) is 23.2. The number of hydrogen-bond acceptors (Lipinski definition) is 1. The van der Waals surface area contributed by atoms with Crippen molar-refractivity contribution in [2.75, 3.05) is 7.05 Å². The highest BCUT2D eigenvalue weighted by atomic mass is 15.1. The zero-order valence-electron chi connectivity index (χ0n) is 5.52. The Balaban J connectivity index is 1.98. The third-order valence-electron chi connectivity index (χ3n) is 1.44. The summed E-state index contributed by atoms with van der Waals surface area (Å²) < 4.78 is 0. The molecule has 0 spiro atoms. The maximum atomic E-state index is 4.06. The van der Waals surface area contributed by atoms with Gasteiger partial charge in [-0.2, -0.15) is 0 Å². The average molecular weight is 113 g/mol. The van der Waals surface area contributed by atoms with E-state index in [9.17, 15) is 0 Å². The van der Waals surface area contributed by atoms with Crippen LogP contribution in [0.3, 0.4) is 0 Å². The maximum absolute atomic E-state index is 4.06. The van der Waals surface area contributed by atoms with Crippen LogP contribution in [-0.2, 0) is 0 Å². The van der Waals surface area contributed by atoms with Crippen LogP contribution in [0.4, 0.5) is 0 Å². The fourth-order valence-electron chi connectivity index (χ4n) is 0.666. The Kier molecular flexibility index (Phi) is 1.86. The standard InChI is InChI=1S/C6H13N2/c1-5(7-2)8-6-3-4-6/h5-6,8H,3-4H2,1-2H3. The molecule has 1 aliphatic carbocycles. The van der Waals surface area contributed by atoms with Crippen LogP contribution in [-0.4, -0.2) is 19.3 Å². The van der Waals surface area contributed by atoms with Crippen LogP contribution < -0.4 is 10.6 Å². The third-order valence-corrected chi connectivity index (χ3v) is 1.44. The molecule has 2 nitrogen and oxygen atoms in total. The summed E-state index contributed by atoms with van der Waals surface area (Å²) >= 11 is 0. The van der Waals surface area contributed by atoms with Crippen LogP contribution in [0, 0.1) is 0 Å². The zero-order chi connectivity index (χ0) is 5.98. The van der Waals surface area contributed by atoms with Crippen LogP contribution in [0.5, 0.6) is 0 Å². The van der Waals surface area contributed by atoms with Crippen molar-refractivity contribution in [3.63, 3.8) is 0 Å². The average Bonchev–Trinajstić information content (AvgIpc) is 2.50. The van der Waals surface area contributed by atoms with E-state index in [1.54, 1.807) is 0 Å². The van der Waals surface area contributed by atoms with Gasteiger partial charge in [0.1, 0.15) is 0 Å². The fraction of sp³-hybridized carbons (Fsp3) is 1.00. The van der Waals surface area contributed by atoms with Gasteiger partial charge in [-0.15, -0.1) is 0 Å². The summed E-state index contributed by atoms with van der Waals surface area (Å²) in [6.07, 6.45) is 3.06. The molecule has 0 heterocycles. The lowest BCUT2D eigenvalue weighted by atomic mass is 10.5. The molecular weight excluding hydrogens is 100 g/mol. The Morgan fingerprint density at radius 2 is 2.25 bits per heavy atom. The van der Waals surface area contributed by atoms with Crippen molar-refractivity contribution in [1.29, 1.82) is 0 Å². The van der Waals surface area contributed by atoms with Crippen molar-refractivity contribution in [3.05, 3.63) is 0 Å². The Hall–Kier alpha value is -0.0800. The molecule has 0 aromatic carbocycles. The topological polar surface area (TPSA) is 26.1 Å². The van der Waals surface area contributed by atoms with Crippen molar-refractivity contribution in [3.8, 4) is 0 Å². The first-order chi connectivity index (χ1) is 3.83. The van der Waals surface area contributed by atoms with Gasteiger partial charge in [-0.1, -0.05) is 0 Å².